The molecule has 0 aliphatic heterocycles. The number of hydrogen-bond acceptors (Lipinski definition) is 2. The van der Waals surface area contributed by atoms with Crippen LogP contribution in [0.15, 0.2) is 140 Å². The zero-order valence-electron chi connectivity index (χ0n) is 23.9. The molecule has 3 N–H and O–H groups in total. The summed E-state index contributed by atoms with van der Waals surface area (Å²) in [6, 6.07) is 41.8. The van der Waals surface area contributed by atoms with E-state index in [1.54, 1.807) is 0 Å². The molecule has 0 saturated heterocycles. The van der Waals surface area contributed by atoms with Crippen molar-refractivity contribution in [2.45, 2.75) is 6.04 Å². The minimum atomic E-state index is 0.0865. The molecule has 206 valence electrons. The summed E-state index contributed by atoms with van der Waals surface area (Å²) >= 11 is 0. The van der Waals surface area contributed by atoms with Crippen LogP contribution in [0.4, 0.5) is 0 Å². The lowest BCUT2D eigenvalue weighted by Gasteiger charge is -2.20. The van der Waals surface area contributed by atoms with Gasteiger partial charge >= 0.3 is 0 Å². The fourth-order valence-electron chi connectivity index (χ4n) is 7.83. The number of fused-ring (bicyclic) bond motifs is 9. The first-order valence-electron chi connectivity index (χ1n) is 15.2. The number of para-hydroxylation sites is 1. The second kappa shape index (κ2) is 8.62. The number of hydrogen-bond donors (Lipinski definition) is 2. The average Bonchev–Trinajstić information content (AvgIpc) is 3.80. The van der Waals surface area contributed by atoms with E-state index in [2.05, 4.69) is 143 Å². The van der Waals surface area contributed by atoms with Gasteiger partial charge in [-0.3, -0.25) is 0 Å². The van der Waals surface area contributed by atoms with Crippen molar-refractivity contribution in [2.24, 2.45) is 5.73 Å². The molecule has 9 aromatic rings. The predicted molar refractivity (Wildman–Crippen MR) is 187 cm³/mol. The molecule has 1 aliphatic carbocycles. The van der Waals surface area contributed by atoms with Crippen molar-refractivity contribution in [1.82, 2.24) is 9.72 Å². The van der Waals surface area contributed by atoms with E-state index in [0.29, 0.717) is 0 Å². The Hall–Kier alpha value is -5.80. The minimum absolute atomic E-state index is 0.0865. The van der Waals surface area contributed by atoms with Crippen molar-refractivity contribution >= 4 is 81.8 Å². The fourth-order valence-corrected chi connectivity index (χ4v) is 7.83. The van der Waals surface area contributed by atoms with E-state index in [-0.39, 0.29) is 6.04 Å². The number of nitrogens with zero attached hydrogens (tertiary/aromatic N) is 1. The van der Waals surface area contributed by atoms with E-state index in [4.69, 9.17) is 5.73 Å². The molecule has 2 aromatic heterocycles. The van der Waals surface area contributed by atoms with Crippen molar-refractivity contribution < 1.29 is 0 Å². The average molecular weight is 562 g/mol. The Morgan fingerprint density at radius 2 is 1.20 bits per heavy atom. The van der Waals surface area contributed by atoms with Crippen LogP contribution in [0.2, 0.25) is 0 Å². The van der Waals surface area contributed by atoms with E-state index in [0.717, 1.165) is 27.9 Å². The quantitative estimate of drug-likeness (QED) is 0.166. The molecule has 0 radical (unpaired) electrons. The Balaban J connectivity index is 1.41. The Labute approximate surface area is 253 Å². The number of rotatable bonds is 4. The van der Waals surface area contributed by atoms with E-state index in [9.17, 15) is 0 Å². The molecular weight excluding hydrogens is 534 g/mol. The summed E-state index contributed by atoms with van der Waals surface area (Å²) in [6.07, 6.45) is 8.47. The molecule has 0 saturated carbocycles. The smallest absolute Gasteiger partial charge is 0.0661 e. The van der Waals surface area contributed by atoms with Gasteiger partial charge in [0.1, 0.15) is 0 Å². The van der Waals surface area contributed by atoms with Gasteiger partial charge in [-0.25, -0.2) is 0 Å². The van der Waals surface area contributed by atoms with Gasteiger partial charge in [0.05, 0.1) is 34.0 Å². The van der Waals surface area contributed by atoms with E-state index in [1.807, 2.05) is 6.07 Å². The maximum atomic E-state index is 7.25. The van der Waals surface area contributed by atoms with E-state index >= 15 is 0 Å². The van der Waals surface area contributed by atoms with E-state index in [1.165, 1.54) is 65.0 Å². The zero-order chi connectivity index (χ0) is 28.9. The van der Waals surface area contributed by atoms with Crippen LogP contribution in [0.25, 0.3) is 81.8 Å². The summed E-state index contributed by atoms with van der Waals surface area (Å²) in [7, 11) is 0. The monoisotopic (exact) mass is 561 g/mol. The van der Waals surface area contributed by atoms with Crippen LogP contribution in [0.5, 0.6) is 0 Å². The summed E-state index contributed by atoms with van der Waals surface area (Å²) in [5, 5.41) is 16.6. The Bertz CT molecular complexity index is 2680. The molecule has 3 heteroatoms. The molecule has 10 rings (SSSR count). The van der Waals surface area contributed by atoms with E-state index < -0.39 is 0 Å². The van der Waals surface area contributed by atoms with Crippen LogP contribution in [0, 0.1) is 0 Å². The van der Waals surface area contributed by atoms with Gasteiger partial charge in [0.15, 0.2) is 0 Å². The first-order valence-corrected chi connectivity index (χ1v) is 15.2. The molecule has 0 fully saturated rings. The summed E-state index contributed by atoms with van der Waals surface area (Å²) in [6.45, 7) is 0. The molecule has 0 atom stereocenters. The summed E-state index contributed by atoms with van der Waals surface area (Å²) in [4.78, 5) is 0. The number of aromatic nitrogens is 1. The zero-order valence-corrected chi connectivity index (χ0v) is 23.9. The largest absolute Gasteiger partial charge is 0.397 e. The highest BCUT2D eigenvalue weighted by Gasteiger charge is 2.25. The first kappa shape index (κ1) is 23.7. The van der Waals surface area contributed by atoms with Gasteiger partial charge in [-0.1, -0.05) is 127 Å². The highest BCUT2D eigenvalue weighted by molar-refractivity contribution is 6.42. The normalized spacial score (nSPS) is 14.5. The lowest BCUT2D eigenvalue weighted by molar-refractivity contribution is 0.868. The Kier molecular flexibility index (Phi) is 4.65. The molecule has 7 aromatic carbocycles. The molecule has 0 unspecified atom stereocenters. The van der Waals surface area contributed by atoms with Gasteiger partial charge < -0.3 is 15.5 Å². The first-order chi connectivity index (χ1) is 21.8. The highest BCUT2D eigenvalue weighted by atomic mass is 14.9. The second-order valence-corrected chi connectivity index (χ2v) is 11.9. The van der Waals surface area contributed by atoms with Gasteiger partial charge in [0.2, 0.25) is 0 Å². The molecule has 0 bridgehead atoms. The van der Waals surface area contributed by atoms with Crippen molar-refractivity contribution in [2.75, 3.05) is 0 Å². The summed E-state index contributed by atoms with van der Waals surface area (Å²) in [5.41, 5.74) is 14.8. The topological polar surface area (TPSA) is 42.5 Å². The SMILES string of the molecule is N/C(=C(\NC1C=CC=C1)c1ccccc1)c1cccc2c1cc1c3c2c2ccccc2c2ccc4c5ccccc5n1c4c23. The highest BCUT2D eigenvalue weighted by Crippen LogP contribution is 2.49. The molecule has 0 spiro atoms. The van der Waals surface area contributed by atoms with Crippen LogP contribution in [-0.2, 0) is 0 Å². The van der Waals surface area contributed by atoms with Crippen molar-refractivity contribution in [3.8, 4) is 0 Å². The Morgan fingerprint density at radius 1 is 0.545 bits per heavy atom. The van der Waals surface area contributed by atoms with Gasteiger partial charge in [-0.15, -0.1) is 0 Å². The summed E-state index contributed by atoms with van der Waals surface area (Å²) in [5.74, 6) is 0. The van der Waals surface area contributed by atoms with Crippen molar-refractivity contribution in [3.63, 3.8) is 0 Å². The minimum Gasteiger partial charge on any atom is -0.397 e. The molecule has 0 amide bonds. The maximum Gasteiger partial charge on any atom is 0.0661 e. The Morgan fingerprint density at radius 3 is 2.05 bits per heavy atom. The van der Waals surface area contributed by atoms with Gasteiger partial charge in [0.25, 0.3) is 0 Å². The fraction of sp³-hybridized carbons (Fsp3) is 0.0244. The van der Waals surface area contributed by atoms with Crippen LogP contribution in [0.1, 0.15) is 11.1 Å². The predicted octanol–water partition coefficient (Wildman–Crippen LogP) is 9.60. The third kappa shape index (κ3) is 3.00. The van der Waals surface area contributed by atoms with Gasteiger partial charge in [-0.2, -0.15) is 0 Å². The lowest BCUT2D eigenvalue weighted by Crippen LogP contribution is -2.25. The lowest BCUT2D eigenvalue weighted by atomic mass is 9.88. The molecule has 2 heterocycles. The molecule has 3 nitrogen and oxygen atoms in total. The number of nitrogens with two attached hydrogens (primary N) is 1. The van der Waals surface area contributed by atoms with Crippen LogP contribution < -0.4 is 11.1 Å². The summed E-state index contributed by atoms with van der Waals surface area (Å²) < 4.78 is 2.49. The van der Waals surface area contributed by atoms with Gasteiger partial charge in [-0.05, 0) is 44.6 Å². The number of benzene rings is 7. The molecule has 44 heavy (non-hydrogen) atoms. The van der Waals surface area contributed by atoms with Gasteiger partial charge in [0, 0.05) is 32.5 Å². The van der Waals surface area contributed by atoms with Crippen LogP contribution >= 0.6 is 0 Å². The van der Waals surface area contributed by atoms with Crippen molar-refractivity contribution in [1.29, 1.82) is 0 Å². The van der Waals surface area contributed by atoms with Crippen LogP contribution in [0.3, 0.4) is 0 Å². The third-order valence-electron chi connectivity index (χ3n) is 9.66. The standard InChI is InChI=1S/C41H27N3/c42-39(40(24-11-2-1-3-12-24)43-25-13-4-5-14-25)31-19-10-18-29-33(31)23-35-38-36(29)28-17-7-6-15-26(28)30-21-22-32-27-16-8-9-20-34(27)44(35)41(32)37(30)38/h1-23,25,43H,42H2/b40-39-. The second-order valence-electron chi connectivity index (χ2n) is 11.9. The maximum absolute atomic E-state index is 7.25. The molecule has 1 aliphatic rings. The number of nitrogens with one attached hydrogen (secondary N) is 1. The van der Waals surface area contributed by atoms with Crippen molar-refractivity contribution in [3.05, 3.63) is 151 Å². The number of allylic oxidation sites excluding steroid dienone is 2. The third-order valence-corrected chi connectivity index (χ3v) is 9.66. The molecular formula is C41H27N3. The van der Waals surface area contributed by atoms with Crippen LogP contribution in [-0.4, -0.2) is 10.4 Å².